The molecule has 0 atom stereocenters. The van der Waals surface area contributed by atoms with E-state index in [1.54, 1.807) is 24.3 Å². The topological polar surface area (TPSA) is 32.3 Å². The number of ketones is 1. The monoisotopic (exact) mass is 266 g/mol. The number of benzene rings is 1. The smallest absolute Gasteiger partial charge is 0.162 e. The van der Waals surface area contributed by atoms with Gasteiger partial charge in [0.1, 0.15) is 0 Å². The summed E-state index contributed by atoms with van der Waals surface area (Å²) >= 11 is 5.80. The Balaban J connectivity index is 1.72. The first kappa shape index (κ1) is 13.5. The molecule has 0 bridgehead atoms. The van der Waals surface area contributed by atoms with Gasteiger partial charge in [0.2, 0.25) is 0 Å². The van der Waals surface area contributed by atoms with Gasteiger partial charge in [-0.15, -0.1) is 0 Å². The van der Waals surface area contributed by atoms with Crippen LogP contribution in [0.2, 0.25) is 5.02 Å². The zero-order valence-corrected chi connectivity index (χ0v) is 11.2. The van der Waals surface area contributed by atoms with Crippen LogP contribution >= 0.6 is 11.6 Å². The third kappa shape index (κ3) is 4.09. The SMILES string of the molecule is O=C(CCCN1CCNCC1)c1ccc(Cl)cc1. The van der Waals surface area contributed by atoms with Crippen LogP contribution in [0.1, 0.15) is 23.2 Å². The minimum atomic E-state index is 0.210. The lowest BCUT2D eigenvalue weighted by Gasteiger charge is -2.26. The Morgan fingerprint density at radius 3 is 2.56 bits per heavy atom. The van der Waals surface area contributed by atoms with Gasteiger partial charge in [0, 0.05) is 43.2 Å². The van der Waals surface area contributed by atoms with Crippen LogP contribution in [0.3, 0.4) is 0 Å². The van der Waals surface area contributed by atoms with Crippen molar-refractivity contribution in [3.8, 4) is 0 Å². The van der Waals surface area contributed by atoms with Crippen molar-refractivity contribution in [3.63, 3.8) is 0 Å². The van der Waals surface area contributed by atoms with Gasteiger partial charge in [0.15, 0.2) is 5.78 Å². The molecule has 0 amide bonds. The zero-order valence-electron chi connectivity index (χ0n) is 10.5. The molecule has 18 heavy (non-hydrogen) atoms. The molecule has 0 unspecified atom stereocenters. The number of piperazine rings is 1. The van der Waals surface area contributed by atoms with Crippen LogP contribution in [0.5, 0.6) is 0 Å². The molecular weight excluding hydrogens is 248 g/mol. The van der Waals surface area contributed by atoms with E-state index in [-0.39, 0.29) is 5.78 Å². The Hall–Kier alpha value is -0.900. The molecule has 0 aromatic heterocycles. The Kier molecular flexibility index (Phi) is 5.17. The lowest BCUT2D eigenvalue weighted by Crippen LogP contribution is -2.43. The quantitative estimate of drug-likeness (QED) is 0.830. The maximum absolute atomic E-state index is 11.9. The summed E-state index contributed by atoms with van der Waals surface area (Å²) in [6.07, 6.45) is 1.55. The van der Waals surface area contributed by atoms with E-state index >= 15 is 0 Å². The number of carbonyl (C=O) groups excluding carboxylic acids is 1. The summed E-state index contributed by atoms with van der Waals surface area (Å²) in [5, 5.41) is 4.00. The molecule has 1 saturated heterocycles. The minimum Gasteiger partial charge on any atom is -0.314 e. The molecule has 1 aliphatic rings. The molecule has 1 aromatic carbocycles. The van der Waals surface area contributed by atoms with E-state index < -0.39 is 0 Å². The molecule has 0 aliphatic carbocycles. The van der Waals surface area contributed by atoms with Crippen molar-refractivity contribution in [2.45, 2.75) is 12.8 Å². The Labute approximate surface area is 113 Å². The number of Topliss-reactive ketones (excluding diaryl/α,β-unsaturated/α-hetero) is 1. The van der Waals surface area contributed by atoms with Crippen LogP contribution in [-0.2, 0) is 0 Å². The van der Waals surface area contributed by atoms with Gasteiger partial charge in [-0.1, -0.05) is 11.6 Å². The van der Waals surface area contributed by atoms with E-state index in [4.69, 9.17) is 11.6 Å². The van der Waals surface area contributed by atoms with Gasteiger partial charge in [-0.05, 0) is 37.2 Å². The van der Waals surface area contributed by atoms with Crippen molar-refractivity contribution < 1.29 is 4.79 Å². The molecule has 1 aromatic rings. The second-order valence-corrected chi connectivity index (χ2v) is 5.06. The Morgan fingerprint density at radius 2 is 1.89 bits per heavy atom. The predicted molar refractivity (Wildman–Crippen MR) is 74.3 cm³/mol. The molecule has 3 nitrogen and oxygen atoms in total. The van der Waals surface area contributed by atoms with E-state index in [1.807, 2.05) is 0 Å². The molecule has 0 spiro atoms. The fourth-order valence-electron chi connectivity index (χ4n) is 2.18. The Morgan fingerprint density at radius 1 is 1.22 bits per heavy atom. The van der Waals surface area contributed by atoms with Crippen LogP contribution < -0.4 is 5.32 Å². The van der Waals surface area contributed by atoms with Crippen molar-refractivity contribution in [1.29, 1.82) is 0 Å². The summed E-state index contributed by atoms with van der Waals surface area (Å²) in [4.78, 5) is 14.3. The van der Waals surface area contributed by atoms with E-state index in [0.717, 1.165) is 44.7 Å². The van der Waals surface area contributed by atoms with Crippen molar-refractivity contribution in [2.75, 3.05) is 32.7 Å². The summed E-state index contributed by atoms with van der Waals surface area (Å²) in [6.45, 7) is 5.32. The molecule has 2 rings (SSSR count). The average Bonchev–Trinajstić information content (AvgIpc) is 2.40. The highest BCUT2D eigenvalue weighted by Crippen LogP contribution is 2.12. The number of hydrogen-bond acceptors (Lipinski definition) is 3. The number of nitrogens with one attached hydrogen (secondary N) is 1. The van der Waals surface area contributed by atoms with Crippen LogP contribution in [0.25, 0.3) is 0 Å². The molecular formula is C14H19ClN2O. The summed E-state index contributed by atoms with van der Waals surface area (Å²) in [7, 11) is 0. The Bertz CT molecular complexity index is 385. The number of nitrogens with zero attached hydrogens (tertiary/aromatic N) is 1. The first-order chi connectivity index (χ1) is 8.75. The number of halogens is 1. The standard InChI is InChI=1S/C14H19ClN2O/c15-13-5-3-12(4-6-13)14(18)2-1-9-17-10-7-16-8-11-17/h3-6,16H,1-2,7-11H2. The van der Waals surface area contributed by atoms with Crippen LogP contribution in [-0.4, -0.2) is 43.4 Å². The highest BCUT2D eigenvalue weighted by Gasteiger charge is 2.10. The molecule has 1 N–H and O–H groups in total. The van der Waals surface area contributed by atoms with E-state index in [1.165, 1.54) is 0 Å². The lowest BCUT2D eigenvalue weighted by atomic mass is 10.1. The fraction of sp³-hybridized carbons (Fsp3) is 0.500. The van der Waals surface area contributed by atoms with Crippen LogP contribution in [0, 0.1) is 0 Å². The number of hydrogen-bond donors (Lipinski definition) is 1. The van der Waals surface area contributed by atoms with Gasteiger partial charge in [0.25, 0.3) is 0 Å². The van der Waals surface area contributed by atoms with E-state index in [9.17, 15) is 4.79 Å². The maximum atomic E-state index is 11.9. The molecule has 1 heterocycles. The van der Waals surface area contributed by atoms with Gasteiger partial charge in [-0.3, -0.25) is 4.79 Å². The first-order valence-electron chi connectivity index (χ1n) is 6.47. The molecule has 0 radical (unpaired) electrons. The molecule has 1 aliphatic heterocycles. The van der Waals surface area contributed by atoms with Gasteiger partial charge in [0.05, 0.1) is 0 Å². The average molecular weight is 267 g/mol. The summed E-state index contributed by atoms with van der Waals surface area (Å²) in [5.74, 6) is 0.210. The van der Waals surface area contributed by atoms with Gasteiger partial charge in [-0.2, -0.15) is 0 Å². The largest absolute Gasteiger partial charge is 0.314 e. The van der Waals surface area contributed by atoms with E-state index in [0.29, 0.717) is 11.4 Å². The maximum Gasteiger partial charge on any atom is 0.162 e. The number of carbonyl (C=O) groups is 1. The lowest BCUT2D eigenvalue weighted by molar-refractivity contribution is 0.0973. The highest BCUT2D eigenvalue weighted by atomic mass is 35.5. The molecule has 4 heteroatoms. The van der Waals surface area contributed by atoms with Gasteiger partial charge in [-0.25, -0.2) is 0 Å². The van der Waals surface area contributed by atoms with Crippen molar-refractivity contribution >= 4 is 17.4 Å². The van der Waals surface area contributed by atoms with Gasteiger partial charge >= 0.3 is 0 Å². The second-order valence-electron chi connectivity index (χ2n) is 4.63. The van der Waals surface area contributed by atoms with Gasteiger partial charge < -0.3 is 10.2 Å². The normalized spacial score (nSPS) is 16.7. The summed E-state index contributed by atoms with van der Waals surface area (Å²) in [5.41, 5.74) is 0.764. The highest BCUT2D eigenvalue weighted by molar-refractivity contribution is 6.30. The summed E-state index contributed by atoms with van der Waals surface area (Å²) < 4.78 is 0. The molecule has 98 valence electrons. The van der Waals surface area contributed by atoms with Crippen molar-refractivity contribution in [3.05, 3.63) is 34.9 Å². The predicted octanol–water partition coefficient (Wildman–Crippen LogP) is 2.21. The van der Waals surface area contributed by atoms with E-state index in [2.05, 4.69) is 10.2 Å². The fourth-order valence-corrected chi connectivity index (χ4v) is 2.30. The third-order valence-corrected chi connectivity index (χ3v) is 3.51. The van der Waals surface area contributed by atoms with Crippen molar-refractivity contribution in [1.82, 2.24) is 10.2 Å². The van der Waals surface area contributed by atoms with Crippen molar-refractivity contribution in [2.24, 2.45) is 0 Å². The summed E-state index contributed by atoms with van der Waals surface area (Å²) in [6, 6.07) is 7.14. The third-order valence-electron chi connectivity index (χ3n) is 3.25. The first-order valence-corrected chi connectivity index (χ1v) is 6.85. The zero-order chi connectivity index (χ0) is 12.8. The van der Waals surface area contributed by atoms with Crippen LogP contribution in [0.15, 0.2) is 24.3 Å². The second kappa shape index (κ2) is 6.88. The molecule has 0 saturated carbocycles. The minimum absolute atomic E-state index is 0.210. The molecule has 1 fully saturated rings. The van der Waals surface area contributed by atoms with Crippen LogP contribution in [0.4, 0.5) is 0 Å². The number of rotatable bonds is 5.